The van der Waals surface area contributed by atoms with Crippen LogP contribution < -0.4 is 0 Å². The second-order valence-corrected chi connectivity index (χ2v) is 3.61. The molecule has 1 atom stereocenters. The van der Waals surface area contributed by atoms with Crippen LogP contribution >= 0.6 is 0 Å². The minimum atomic E-state index is -0.0312. The SMILES string of the molecule is CC(=O)N1CCOC(c2cccnc2)C1. The van der Waals surface area contributed by atoms with E-state index in [1.807, 2.05) is 12.1 Å². The first-order valence-corrected chi connectivity index (χ1v) is 5.04. The Balaban J connectivity index is 2.08. The van der Waals surface area contributed by atoms with Crippen molar-refractivity contribution in [2.24, 2.45) is 0 Å². The van der Waals surface area contributed by atoms with Gasteiger partial charge < -0.3 is 9.64 Å². The molecule has 80 valence electrons. The largest absolute Gasteiger partial charge is 0.370 e. The number of ether oxygens (including phenoxy) is 1. The maximum absolute atomic E-state index is 11.2. The van der Waals surface area contributed by atoms with E-state index >= 15 is 0 Å². The zero-order valence-corrected chi connectivity index (χ0v) is 8.72. The number of amides is 1. The lowest BCUT2D eigenvalue weighted by Crippen LogP contribution is -2.41. The zero-order chi connectivity index (χ0) is 10.7. The fourth-order valence-electron chi connectivity index (χ4n) is 1.70. The first-order chi connectivity index (χ1) is 7.27. The van der Waals surface area contributed by atoms with E-state index in [0.29, 0.717) is 19.7 Å². The van der Waals surface area contributed by atoms with Crippen LogP contribution in [0.25, 0.3) is 0 Å². The van der Waals surface area contributed by atoms with Crippen molar-refractivity contribution in [2.75, 3.05) is 19.7 Å². The van der Waals surface area contributed by atoms with Crippen LogP contribution in [0, 0.1) is 0 Å². The van der Waals surface area contributed by atoms with Crippen molar-refractivity contribution in [1.82, 2.24) is 9.88 Å². The highest BCUT2D eigenvalue weighted by atomic mass is 16.5. The third kappa shape index (κ3) is 2.33. The summed E-state index contributed by atoms with van der Waals surface area (Å²) in [5.41, 5.74) is 1.03. The van der Waals surface area contributed by atoms with Gasteiger partial charge in [0.05, 0.1) is 13.2 Å². The Morgan fingerprint density at radius 2 is 2.53 bits per heavy atom. The van der Waals surface area contributed by atoms with Gasteiger partial charge >= 0.3 is 0 Å². The van der Waals surface area contributed by atoms with Crippen molar-refractivity contribution in [3.05, 3.63) is 30.1 Å². The van der Waals surface area contributed by atoms with Crippen molar-refractivity contribution in [1.29, 1.82) is 0 Å². The standard InChI is InChI=1S/C11H14N2O2/c1-9(14)13-5-6-15-11(8-13)10-3-2-4-12-7-10/h2-4,7,11H,5-6,8H2,1H3. The maximum atomic E-state index is 11.2. The topological polar surface area (TPSA) is 42.4 Å². The van der Waals surface area contributed by atoms with Gasteiger partial charge in [0.2, 0.25) is 5.91 Å². The molecular formula is C11H14N2O2. The minimum Gasteiger partial charge on any atom is -0.370 e. The number of rotatable bonds is 1. The minimum absolute atomic E-state index is 0.0312. The summed E-state index contributed by atoms with van der Waals surface area (Å²) in [4.78, 5) is 17.1. The molecule has 1 saturated heterocycles. The summed E-state index contributed by atoms with van der Waals surface area (Å²) < 4.78 is 5.61. The normalized spacial score (nSPS) is 21.4. The van der Waals surface area contributed by atoms with Gasteiger partial charge in [-0.1, -0.05) is 6.07 Å². The lowest BCUT2D eigenvalue weighted by atomic mass is 10.1. The monoisotopic (exact) mass is 206 g/mol. The zero-order valence-electron chi connectivity index (χ0n) is 8.72. The quantitative estimate of drug-likeness (QED) is 0.688. The van der Waals surface area contributed by atoms with E-state index in [0.717, 1.165) is 5.56 Å². The van der Waals surface area contributed by atoms with E-state index in [2.05, 4.69) is 4.98 Å². The Hall–Kier alpha value is -1.42. The Morgan fingerprint density at radius 3 is 3.20 bits per heavy atom. The molecule has 2 rings (SSSR count). The van der Waals surface area contributed by atoms with Crippen LogP contribution in [0.3, 0.4) is 0 Å². The van der Waals surface area contributed by atoms with Crippen LogP contribution in [0.4, 0.5) is 0 Å². The molecule has 1 aliphatic heterocycles. The van der Waals surface area contributed by atoms with Crippen molar-refractivity contribution in [3.8, 4) is 0 Å². The lowest BCUT2D eigenvalue weighted by molar-refractivity contribution is -0.136. The number of hydrogen-bond donors (Lipinski definition) is 0. The third-order valence-corrected chi connectivity index (χ3v) is 2.57. The van der Waals surface area contributed by atoms with E-state index in [4.69, 9.17) is 4.74 Å². The van der Waals surface area contributed by atoms with E-state index in [-0.39, 0.29) is 12.0 Å². The number of aromatic nitrogens is 1. The first-order valence-electron chi connectivity index (χ1n) is 5.04. The molecule has 4 nitrogen and oxygen atoms in total. The van der Waals surface area contributed by atoms with E-state index in [1.165, 1.54) is 0 Å². The summed E-state index contributed by atoms with van der Waals surface area (Å²) in [5.74, 6) is 0.104. The molecule has 0 aromatic carbocycles. The number of pyridine rings is 1. The molecule has 0 spiro atoms. The van der Waals surface area contributed by atoms with Gasteiger partial charge in [0.25, 0.3) is 0 Å². The van der Waals surface area contributed by atoms with Gasteiger partial charge in [0.1, 0.15) is 6.10 Å². The first kappa shape index (κ1) is 10.1. The second kappa shape index (κ2) is 4.40. The number of hydrogen-bond acceptors (Lipinski definition) is 3. The third-order valence-electron chi connectivity index (χ3n) is 2.57. The van der Waals surface area contributed by atoms with Crippen LogP contribution in [-0.2, 0) is 9.53 Å². The van der Waals surface area contributed by atoms with Gasteiger partial charge in [-0.05, 0) is 6.07 Å². The molecule has 15 heavy (non-hydrogen) atoms. The molecule has 1 fully saturated rings. The molecule has 0 radical (unpaired) electrons. The molecule has 0 bridgehead atoms. The summed E-state index contributed by atoms with van der Waals surface area (Å²) in [6, 6.07) is 3.85. The van der Waals surface area contributed by atoms with E-state index in [9.17, 15) is 4.79 Å². The van der Waals surface area contributed by atoms with Gasteiger partial charge in [0.15, 0.2) is 0 Å². The van der Waals surface area contributed by atoms with E-state index in [1.54, 1.807) is 24.2 Å². The van der Waals surface area contributed by atoms with Crippen LogP contribution in [0.15, 0.2) is 24.5 Å². The molecule has 4 heteroatoms. The predicted octanol–water partition coefficient (Wildman–Crippen LogP) is 1.00. The summed E-state index contributed by atoms with van der Waals surface area (Å²) in [6.07, 6.45) is 3.49. The molecule has 1 amide bonds. The number of nitrogens with zero attached hydrogens (tertiary/aromatic N) is 2. The number of carbonyl (C=O) groups is 1. The fraction of sp³-hybridized carbons (Fsp3) is 0.455. The predicted molar refractivity (Wildman–Crippen MR) is 55.2 cm³/mol. The van der Waals surface area contributed by atoms with Crippen LogP contribution in [0.2, 0.25) is 0 Å². The van der Waals surface area contributed by atoms with Crippen LogP contribution in [0.5, 0.6) is 0 Å². The molecule has 0 aliphatic carbocycles. The van der Waals surface area contributed by atoms with Gasteiger partial charge in [-0.2, -0.15) is 0 Å². The summed E-state index contributed by atoms with van der Waals surface area (Å²) in [5, 5.41) is 0. The average molecular weight is 206 g/mol. The second-order valence-electron chi connectivity index (χ2n) is 3.61. The summed E-state index contributed by atoms with van der Waals surface area (Å²) >= 11 is 0. The molecule has 1 aromatic heterocycles. The fourth-order valence-corrected chi connectivity index (χ4v) is 1.70. The number of morpholine rings is 1. The van der Waals surface area contributed by atoms with Gasteiger partial charge in [-0.3, -0.25) is 9.78 Å². The summed E-state index contributed by atoms with van der Waals surface area (Å²) in [7, 11) is 0. The van der Waals surface area contributed by atoms with Crippen molar-refractivity contribution < 1.29 is 9.53 Å². The Labute approximate surface area is 88.9 Å². The van der Waals surface area contributed by atoms with Crippen molar-refractivity contribution in [3.63, 3.8) is 0 Å². The van der Waals surface area contributed by atoms with Gasteiger partial charge in [-0.25, -0.2) is 0 Å². The molecule has 0 N–H and O–H groups in total. The lowest BCUT2D eigenvalue weighted by Gasteiger charge is -2.32. The van der Waals surface area contributed by atoms with Gasteiger partial charge in [-0.15, -0.1) is 0 Å². The Kier molecular flexibility index (Phi) is 2.97. The maximum Gasteiger partial charge on any atom is 0.219 e. The number of carbonyl (C=O) groups excluding carboxylic acids is 1. The molecule has 1 aromatic rings. The van der Waals surface area contributed by atoms with Crippen LogP contribution in [0.1, 0.15) is 18.6 Å². The Bertz CT molecular complexity index is 340. The molecule has 0 saturated carbocycles. The molecular weight excluding hydrogens is 192 g/mol. The van der Waals surface area contributed by atoms with Crippen molar-refractivity contribution in [2.45, 2.75) is 13.0 Å². The molecule has 1 aliphatic rings. The summed E-state index contributed by atoms with van der Waals surface area (Å²) in [6.45, 7) is 3.50. The smallest absolute Gasteiger partial charge is 0.219 e. The highest BCUT2D eigenvalue weighted by Crippen LogP contribution is 2.20. The molecule has 2 heterocycles. The van der Waals surface area contributed by atoms with E-state index < -0.39 is 0 Å². The average Bonchev–Trinajstić information content (AvgIpc) is 2.30. The Morgan fingerprint density at radius 1 is 1.67 bits per heavy atom. The highest BCUT2D eigenvalue weighted by molar-refractivity contribution is 5.73. The van der Waals surface area contributed by atoms with Crippen molar-refractivity contribution >= 4 is 5.91 Å². The highest BCUT2D eigenvalue weighted by Gasteiger charge is 2.23. The van der Waals surface area contributed by atoms with Crippen LogP contribution in [-0.4, -0.2) is 35.5 Å². The molecule has 1 unspecified atom stereocenters. The van der Waals surface area contributed by atoms with Gasteiger partial charge in [0, 0.05) is 31.4 Å².